The number of hydrogen-bond acceptors (Lipinski definition) is 5. The van der Waals surface area contributed by atoms with E-state index in [1.807, 2.05) is 61.6 Å². The largest absolute Gasteiger partial charge is 0.323 e. The summed E-state index contributed by atoms with van der Waals surface area (Å²) in [5.41, 5.74) is 7.92. The lowest BCUT2D eigenvalue weighted by molar-refractivity contribution is 0.663. The number of fused-ring (bicyclic) bond motifs is 2. The second-order valence-corrected chi connectivity index (χ2v) is 9.04. The molecule has 0 aliphatic heterocycles. The molecule has 182 valence electrons. The Labute approximate surface area is 213 Å². The molecule has 0 amide bonds. The summed E-state index contributed by atoms with van der Waals surface area (Å²) in [6, 6.07) is 26.3. The van der Waals surface area contributed by atoms with Crippen molar-refractivity contribution in [1.29, 1.82) is 0 Å². The third kappa shape index (κ3) is 4.52. The van der Waals surface area contributed by atoms with Crippen LogP contribution in [0.5, 0.6) is 0 Å². The smallest absolute Gasteiger partial charge is 0.270 e. The molecule has 2 N–H and O–H groups in total. The Morgan fingerprint density at radius 1 is 0.838 bits per heavy atom. The molecule has 6 rings (SSSR count). The molecule has 37 heavy (non-hydrogen) atoms. The lowest BCUT2D eigenvalue weighted by atomic mass is 10.0. The van der Waals surface area contributed by atoms with Crippen molar-refractivity contribution in [3.63, 3.8) is 0 Å². The van der Waals surface area contributed by atoms with Crippen molar-refractivity contribution < 1.29 is 0 Å². The Hall–Kier alpha value is -4.62. The summed E-state index contributed by atoms with van der Waals surface area (Å²) in [6.07, 6.45) is 4.09. The van der Waals surface area contributed by atoms with Gasteiger partial charge in [-0.25, -0.2) is 9.97 Å². The minimum absolute atomic E-state index is 0.169. The molecule has 0 saturated heterocycles. The molecular weight excluding hydrogens is 460 g/mol. The molecule has 3 aromatic heterocycles. The average molecular weight is 487 g/mol. The van der Waals surface area contributed by atoms with Gasteiger partial charge in [-0.2, -0.15) is 0 Å². The maximum absolute atomic E-state index is 12.8. The summed E-state index contributed by atoms with van der Waals surface area (Å²) in [6.45, 7) is 1.55. The number of benzene rings is 3. The number of hydrogen-bond donors (Lipinski definition) is 2. The summed E-state index contributed by atoms with van der Waals surface area (Å²) in [4.78, 5) is 29.7. The maximum Gasteiger partial charge on any atom is 0.270 e. The van der Waals surface area contributed by atoms with Crippen LogP contribution in [-0.2, 0) is 13.0 Å². The topological polar surface area (TPSA) is 88.5 Å². The van der Waals surface area contributed by atoms with Crippen LogP contribution in [0, 0.1) is 0 Å². The first-order valence-corrected chi connectivity index (χ1v) is 12.3. The first-order valence-electron chi connectivity index (χ1n) is 12.3. The van der Waals surface area contributed by atoms with Gasteiger partial charge in [0.25, 0.3) is 5.56 Å². The molecule has 0 saturated carbocycles. The Balaban J connectivity index is 1.45. The Morgan fingerprint density at radius 2 is 1.57 bits per heavy atom. The van der Waals surface area contributed by atoms with Gasteiger partial charge in [0.15, 0.2) is 0 Å². The van der Waals surface area contributed by atoms with Gasteiger partial charge in [0.05, 0.1) is 22.1 Å². The summed E-state index contributed by atoms with van der Waals surface area (Å²) in [5, 5.41) is 3.24. The second kappa shape index (κ2) is 9.79. The number of aromatic amines is 1. The van der Waals surface area contributed by atoms with E-state index in [1.54, 1.807) is 12.4 Å². The van der Waals surface area contributed by atoms with Crippen molar-refractivity contribution in [2.45, 2.75) is 13.0 Å². The van der Waals surface area contributed by atoms with Crippen LogP contribution < -0.4 is 10.9 Å². The predicted octanol–water partition coefficient (Wildman–Crippen LogP) is 4.81. The first-order chi connectivity index (χ1) is 18.2. The lowest BCUT2D eigenvalue weighted by Crippen LogP contribution is -2.16. The van der Waals surface area contributed by atoms with Crippen molar-refractivity contribution in [2.75, 3.05) is 13.6 Å². The quantitative estimate of drug-likeness (QED) is 0.338. The number of aromatic nitrogens is 5. The SMILES string of the molecule is CNCCn1c(-c2ccc(-c3ccncc3)cc2)nc2cc3[nH]c(=O)c(Cc4ccccc4)nc3cc21. The van der Waals surface area contributed by atoms with E-state index in [1.165, 1.54) is 0 Å². The van der Waals surface area contributed by atoms with Crippen molar-refractivity contribution >= 4 is 22.1 Å². The van der Waals surface area contributed by atoms with Gasteiger partial charge in [0, 0.05) is 37.5 Å². The van der Waals surface area contributed by atoms with Gasteiger partial charge >= 0.3 is 0 Å². The molecule has 3 aromatic carbocycles. The maximum atomic E-state index is 12.8. The molecule has 7 heteroatoms. The summed E-state index contributed by atoms with van der Waals surface area (Å²) >= 11 is 0. The van der Waals surface area contributed by atoms with Gasteiger partial charge in [-0.15, -0.1) is 0 Å². The fourth-order valence-electron chi connectivity index (χ4n) is 4.68. The predicted molar refractivity (Wildman–Crippen MR) is 147 cm³/mol. The molecule has 0 fully saturated rings. The van der Waals surface area contributed by atoms with Crippen LogP contribution in [0.2, 0.25) is 0 Å². The summed E-state index contributed by atoms with van der Waals surface area (Å²) < 4.78 is 2.22. The van der Waals surface area contributed by atoms with Gasteiger partial charge in [0.1, 0.15) is 11.5 Å². The van der Waals surface area contributed by atoms with E-state index in [9.17, 15) is 4.79 Å². The van der Waals surface area contributed by atoms with E-state index in [0.29, 0.717) is 17.6 Å². The number of H-pyrrole nitrogens is 1. The van der Waals surface area contributed by atoms with Crippen LogP contribution in [-0.4, -0.2) is 38.1 Å². The zero-order valence-corrected chi connectivity index (χ0v) is 20.5. The second-order valence-electron chi connectivity index (χ2n) is 9.04. The number of rotatable bonds is 7. The normalized spacial score (nSPS) is 11.4. The van der Waals surface area contributed by atoms with Gasteiger partial charge in [0.2, 0.25) is 0 Å². The molecule has 0 radical (unpaired) electrons. The van der Waals surface area contributed by atoms with Crippen LogP contribution >= 0.6 is 0 Å². The number of nitrogens with one attached hydrogen (secondary N) is 2. The van der Waals surface area contributed by atoms with E-state index in [2.05, 4.69) is 44.1 Å². The lowest BCUT2D eigenvalue weighted by Gasteiger charge is -2.10. The third-order valence-corrected chi connectivity index (χ3v) is 6.59. The van der Waals surface area contributed by atoms with E-state index in [-0.39, 0.29) is 5.56 Å². The van der Waals surface area contributed by atoms with Crippen LogP contribution in [0.15, 0.2) is 96.1 Å². The average Bonchev–Trinajstić information content (AvgIpc) is 3.29. The third-order valence-electron chi connectivity index (χ3n) is 6.59. The fraction of sp³-hybridized carbons (Fsp3) is 0.133. The molecule has 0 unspecified atom stereocenters. The van der Waals surface area contributed by atoms with Crippen LogP contribution in [0.25, 0.3) is 44.6 Å². The molecule has 0 spiro atoms. The van der Waals surface area contributed by atoms with Gasteiger partial charge in [-0.3, -0.25) is 9.78 Å². The molecule has 6 aromatic rings. The minimum Gasteiger partial charge on any atom is -0.323 e. The van der Waals surface area contributed by atoms with Gasteiger partial charge < -0.3 is 14.9 Å². The van der Waals surface area contributed by atoms with E-state index >= 15 is 0 Å². The number of pyridine rings is 1. The van der Waals surface area contributed by atoms with Crippen LogP contribution in [0.3, 0.4) is 0 Å². The highest BCUT2D eigenvalue weighted by Crippen LogP contribution is 2.29. The Morgan fingerprint density at radius 3 is 2.32 bits per heavy atom. The van der Waals surface area contributed by atoms with E-state index in [0.717, 1.165) is 57.7 Å². The van der Waals surface area contributed by atoms with Crippen molar-refractivity contribution in [2.24, 2.45) is 0 Å². The van der Waals surface area contributed by atoms with Crippen LogP contribution in [0.1, 0.15) is 11.3 Å². The van der Waals surface area contributed by atoms with Gasteiger partial charge in [-0.05, 0) is 48.0 Å². The Kier molecular flexibility index (Phi) is 6.04. The summed E-state index contributed by atoms with van der Waals surface area (Å²) in [5.74, 6) is 0.883. The fourth-order valence-corrected chi connectivity index (χ4v) is 4.68. The molecule has 3 heterocycles. The molecule has 7 nitrogen and oxygen atoms in total. The molecular formula is C30H26N6O. The monoisotopic (exact) mass is 486 g/mol. The van der Waals surface area contributed by atoms with Crippen molar-refractivity contribution in [3.8, 4) is 22.5 Å². The minimum atomic E-state index is -0.169. The molecule has 0 bridgehead atoms. The summed E-state index contributed by atoms with van der Waals surface area (Å²) in [7, 11) is 1.94. The van der Waals surface area contributed by atoms with Crippen molar-refractivity contribution in [3.05, 3.63) is 113 Å². The zero-order valence-electron chi connectivity index (χ0n) is 20.5. The number of nitrogens with zero attached hydrogens (tertiary/aromatic N) is 4. The molecule has 0 atom stereocenters. The zero-order chi connectivity index (χ0) is 25.2. The molecule has 0 aliphatic carbocycles. The highest BCUT2D eigenvalue weighted by atomic mass is 16.1. The first kappa shape index (κ1) is 22.8. The number of likely N-dealkylation sites (N-methyl/N-ethyl adjacent to an activating group) is 1. The van der Waals surface area contributed by atoms with E-state index < -0.39 is 0 Å². The highest BCUT2D eigenvalue weighted by molar-refractivity contribution is 5.93. The Bertz CT molecular complexity index is 1740. The van der Waals surface area contributed by atoms with Crippen LogP contribution in [0.4, 0.5) is 0 Å². The standard InChI is InChI=1S/C30H26N6O/c1-31-15-16-36-28-19-25-24(35-30(37)27(33-25)17-20-5-3-2-4-6-20)18-26(28)34-29(36)23-9-7-21(8-10-23)22-11-13-32-14-12-22/h2-14,18-19,31H,15-17H2,1H3,(H,35,37). The van der Waals surface area contributed by atoms with E-state index in [4.69, 9.17) is 9.97 Å². The molecule has 0 aliphatic rings. The highest BCUT2D eigenvalue weighted by Gasteiger charge is 2.15. The van der Waals surface area contributed by atoms with Crippen molar-refractivity contribution in [1.82, 2.24) is 29.8 Å². The van der Waals surface area contributed by atoms with Gasteiger partial charge in [-0.1, -0.05) is 54.6 Å². The number of imidazole rings is 1.